The molecule has 0 radical (unpaired) electrons. The zero-order valence-corrected chi connectivity index (χ0v) is 12.9. The maximum atomic E-state index is 12.4. The van der Waals surface area contributed by atoms with E-state index in [1.54, 1.807) is 0 Å². The number of nitrogens with one attached hydrogen (secondary N) is 1. The highest BCUT2D eigenvalue weighted by atomic mass is 35.5. The molecular weight excluding hydrogens is 320 g/mol. The van der Waals surface area contributed by atoms with Gasteiger partial charge in [-0.05, 0) is 31.4 Å². The third kappa shape index (κ3) is 3.70. The Kier molecular flexibility index (Phi) is 4.82. The smallest absolute Gasteiger partial charge is 0.288 e. The van der Waals surface area contributed by atoms with Crippen LogP contribution in [0.5, 0.6) is 0 Å². The van der Waals surface area contributed by atoms with Crippen molar-refractivity contribution in [3.8, 4) is 0 Å². The number of nitro groups is 1. The number of ether oxygens (including phenoxy) is 1. The molecule has 1 heterocycles. The van der Waals surface area contributed by atoms with Crippen LogP contribution in [0.25, 0.3) is 0 Å². The Morgan fingerprint density at radius 3 is 2.76 bits per heavy atom. The molecule has 9 heteroatoms. The molecule has 1 fully saturated rings. The number of nitrogens with zero attached hydrogens (tertiary/aromatic N) is 1. The Bertz CT molecular complexity index is 656. The molecule has 1 N–H and O–H groups in total. The standard InChI is InChI=1S/C12H15ClN2O5S/c1-8-5-11(15(16)17)10(13)6-12(8)21(18,19)14-9-3-2-4-20-7-9/h5-6,9,14H,2-4,7H2,1H3/t9-/m1/s1. The van der Waals surface area contributed by atoms with E-state index in [0.717, 1.165) is 18.6 Å². The molecule has 0 aliphatic carbocycles. The largest absolute Gasteiger partial charge is 0.380 e. The van der Waals surface area contributed by atoms with Crippen LogP contribution in [0.15, 0.2) is 17.0 Å². The highest BCUT2D eigenvalue weighted by molar-refractivity contribution is 7.89. The van der Waals surface area contributed by atoms with Crippen LogP contribution >= 0.6 is 11.6 Å². The number of halogens is 1. The fraction of sp³-hybridized carbons (Fsp3) is 0.500. The summed E-state index contributed by atoms with van der Waals surface area (Å²) >= 11 is 5.79. The molecule has 1 atom stereocenters. The number of benzene rings is 1. The average molecular weight is 335 g/mol. The average Bonchev–Trinajstić information content (AvgIpc) is 2.41. The molecule has 2 rings (SSSR count). The van der Waals surface area contributed by atoms with Crippen molar-refractivity contribution in [2.45, 2.75) is 30.7 Å². The second kappa shape index (κ2) is 6.27. The number of hydrogen-bond donors (Lipinski definition) is 1. The van der Waals surface area contributed by atoms with Gasteiger partial charge in [0.05, 0.1) is 16.4 Å². The first-order chi connectivity index (χ1) is 9.81. The summed E-state index contributed by atoms with van der Waals surface area (Å²) in [4.78, 5) is 10.1. The van der Waals surface area contributed by atoms with Crippen molar-refractivity contribution in [2.24, 2.45) is 0 Å². The Hall–Kier alpha value is -1.22. The zero-order chi connectivity index (χ0) is 15.6. The van der Waals surface area contributed by atoms with Gasteiger partial charge in [-0.1, -0.05) is 11.6 Å². The Labute approximate surface area is 127 Å². The lowest BCUT2D eigenvalue weighted by Gasteiger charge is -2.23. The molecular formula is C12H15ClN2O5S. The van der Waals surface area contributed by atoms with Crippen molar-refractivity contribution in [3.05, 3.63) is 32.8 Å². The van der Waals surface area contributed by atoms with Crippen LogP contribution in [0, 0.1) is 17.0 Å². The minimum Gasteiger partial charge on any atom is -0.380 e. The zero-order valence-electron chi connectivity index (χ0n) is 11.3. The number of hydrogen-bond acceptors (Lipinski definition) is 5. The Balaban J connectivity index is 2.31. The fourth-order valence-electron chi connectivity index (χ4n) is 2.19. The molecule has 1 aromatic rings. The summed E-state index contributed by atoms with van der Waals surface area (Å²) in [5.74, 6) is 0. The summed E-state index contributed by atoms with van der Waals surface area (Å²) in [5.41, 5.74) is -0.0376. The molecule has 0 spiro atoms. The predicted molar refractivity (Wildman–Crippen MR) is 77.0 cm³/mol. The van der Waals surface area contributed by atoms with Crippen LogP contribution in [0.4, 0.5) is 5.69 Å². The number of nitro benzene ring substituents is 1. The molecule has 1 saturated heterocycles. The maximum Gasteiger partial charge on any atom is 0.288 e. The van der Waals surface area contributed by atoms with Gasteiger partial charge in [-0.2, -0.15) is 0 Å². The molecule has 0 amide bonds. The van der Waals surface area contributed by atoms with Gasteiger partial charge in [0, 0.05) is 18.7 Å². The first-order valence-corrected chi connectivity index (χ1v) is 8.22. The summed E-state index contributed by atoms with van der Waals surface area (Å²) < 4.78 is 32.5. The molecule has 0 bridgehead atoms. The van der Waals surface area contributed by atoms with Crippen LogP contribution in [0.2, 0.25) is 5.02 Å². The van der Waals surface area contributed by atoms with E-state index < -0.39 is 14.9 Å². The first kappa shape index (κ1) is 16.2. The summed E-state index contributed by atoms with van der Waals surface area (Å²) in [5, 5.41) is 10.6. The van der Waals surface area contributed by atoms with Crippen molar-refractivity contribution in [3.63, 3.8) is 0 Å². The van der Waals surface area contributed by atoms with Crippen LogP contribution in [0.1, 0.15) is 18.4 Å². The van der Waals surface area contributed by atoms with E-state index in [1.807, 2.05) is 0 Å². The predicted octanol–water partition coefficient (Wildman–Crippen LogP) is 2.01. The van der Waals surface area contributed by atoms with Gasteiger partial charge in [-0.15, -0.1) is 0 Å². The van der Waals surface area contributed by atoms with E-state index in [2.05, 4.69) is 4.72 Å². The Morgan fingerprint density at radius 2 is 2.19 bits per heavy atom. The van der Waals surface area contributed by atoms with Gasteiger partial charge in [-0.25, -0.2) is 13.1 Å². The van der Waals surface area contributed by atoms with E-state index in [4.69, 9.17) is 16.3 Å². The lowest BCUT2D eigenvalue weighted by atomic mass is 10.1. The van der Waals surface area contributed by atoms with Crippen LogP contribution in [-0.4, -0.2) is 32.6 Å². The van der Waals surface area contributed by atoms with Gasteiger partial charge in [0.15, 0.2) is 0 Å². The monoisotopic (exact) mass is 334 g/mol. The normalized spacial score (nSPS) is 19.4. The van der Waals surface area contributed by atoms with Crippen LogP contribution < -0.4 is 4.72 Å². The van der Waals surface area contributed by atoms with Crippen LogP contribution in [-0.2, 0) is 14.8 Å². The molecule has 1 aliphatic rings. The van der Waals surface area contributed by atoms with E-state index in [9.17, 15) is 18.5 Å². The topological polar surface area (TPSA) is 98.5 Å². The highest BCUT2D eigenvalue weighted by Gasteiger charge is 2.26. The first-order valence-electron chi connectivity index (χ1n) is 6.36. The lowest BCUT2D eigenvalue weighted by Crippen LogP contribution is -2.40. The summed E-state index contributed by atoms with van der Waals surface area (Å²) in [6.07, 6.45) is 1.48. The third-order valence-corrected chi connectivity index (χ3v) is 5.18. The molecule has 0 saturated carbocycles. The van der Waals surface area contributed by atoms with E-state index in [0.29, 0.717) is 19.6 Å². The number of aryl methyl sites for hydroxylation is 1. The number of sulfonamides is 1. The molecule has 21 heavy (non-hydrogen) atoms. The highest BCUT2D eigenvalue weighted by Crippen LogP contribution is 2.30. The van der Waals surface area contributed by atoms with Crippen molar-refractivity contribution >= 4 is 27.3 Å². The van der Waals surface area contributed by atoms with E-state index >= 15 is 0 Å². The van der Waals surface area contributed by atoms with Gasteiger partial charge >= 0.3 is 0 Å². The maximum absolute atomic E-state index is 12.4. The van der Waals surface area contributed by atoms with Crippen molar-refractivity contribution in [1.29, 1.82) is 0 Å². The van der Waals surface area contributed by atoms with Crippen molar-refractivity contribution in [1.82, 2.24) is 4.72 Å². The number of rotatable bonds is 4. The van der Waals surface area contributed by atoms with E-state index in [1.165, 1.54) is 6.92 Å². The quantitative estimate of drug-likeness (QED) is 0.670. The summed E-state index contributed by atoms with van der Waals surface area (Å²) in [7, 11) is -3.79. The third-order valence-electron chi connectivity index (χ3n) is 3.21. The minimum atomic E-state index is -3.79. The molecule has 1 aromatic carbocycles. The van der Waals surface area contributed by atoms with Gasteiger partial charge in [-0.3, -0.25) is 10.1 Å². The van der Waals surface area contributed by atoms with Gasteiger partial charge in [0.2, 0.25) is 10.0 Å². The van der Waals surface area contributed by atoms with Crippen molar-refractivity contribution in [2.75, 3.05) is 13.2 Å². The summed E-state index contributed by atoms with van der Waals surface area (Å²) in [6, 6.07) is 1.98. The second-order valence-electron chi connectivity index (χ2n) is 4.86. The fourth-order valence-corrected chi connectivity index (χ4v) is 4.00. The second-order valence-corrected chi connectivity index (χ2v) is 6.95. The molecule has 0 unspecified atom stereocenters. The van der Waals surface area contributed by atoms with Gasteiger partial charge in [0.1, 0.15) is 5.02 Å². The van der Waals surface area contributed by atoms with Gasteiger partial charge < -0.3 is 4.74 Å². The molecule has 0 aromatic heterocycles. The van der Waals surface area contributed by atoms with Gasteiger partial charge in [0.25, 0.3) is 5.69 Å². The summed E-state index contributed by atoms with van der Waals surface area (Å²) in [6.45, 7) is 2.44. The SMILES string of the molecule is Cc1cc([N+](=O)[O-])c(Cl)cc1S(=O)(=O)N[C@@H]1CCCOC1. The van der Waals surface area contributed by atoms with E-state index in [-0.39, 0.29) is 27.2 Å². The molecule has 1 aliphatic heterocycles. The minimum absolute atomic E-state index is 0.0522. The Morgan fingerprint density at radius 1 is 1.48 bits per heavy atom. The molecule has 7 nitrogen and oxygen atoms in total. The van der Waals surface area contributed by atoms with Crippen molar-refractivity contribution < 1.29 is 18.1 Å². The molecule has 116 valence electrons. The van der Waals surface area contributed by atoms with Crippen LogP contribution in [0.3, 0.4) is 0 Å². The lowest BCUT2D eigenvalue weighted by molar-refractivity contribution is -0.384.